The number of benzene rings is 2. The van der Waals surface area contributed by atoms with E-state index < -0.39 is 5.41 Å². The van der Waals surface area contributed by atoms with Crippen molar-refractivity contribution in [1.29, 1.82) is 0 Å². The molecule has 2 aromatic rings. The summed E-state index contributed by atoms with van der Waals surface area (Å²) >= 11 is 0. The van der Waals surface area contributed by atoms with Crippen LogP contribution in [0.5, 0.6) is 11.5 Å². The predicted octanol–water partition coefficient (Wildman–Crippen LogP) is 4.41. The number of aryl methyl sites for hydroxylation is 1. The fourth-order valence-electron chi connectivity index (χ4n) is 6.37. The van der Waals surface area contributed by atoms with Crippen LogP contribution in [0, 0.1) is 5.41 Å². The Hall–Kier alpha value is -3.26. The molecule has 0 aliphatic carbocycles. The number of methoxy groups -OCH3 is 1. The second kappa shape index (κ2) is 12.9. The van der Waals surface area contributed by atoms with Crippen LogP contribution in [0.2, 0.25) is 0 Å². The lowest BCUT2D eigenvalue weighted by Crippen LogP contribution is -2.51. The molecule has 2 saturated heterocycles. The summed E-state index contributed by atoms with van der Waals surface area (Å²) in [6, 6.07) is 14.1. The van der Waals surface area contributed by atoms with Gasteiger partial charge in [-0.25, -0.2) is 0 Å². The summed E-state index contributed by atoms with van der Waals surface area (Å²) < 4.78 is 17.2. The molecule has 0 atom stereocenters. The molecule has 3 heterocycles. The quantitative estimate of drug-likeness (QED) is 0.565. The number of para-hydroxylation sites is 1. The smallest absolute Gasteiger partial charge is 0.257 e. The van der Waals surface area contributed by atoms with E-state index in [1.165, 1.54) is 5.56 Å². The van der Waals surface area contributed by atoms with E-state index in [0.717, 1.165) is 56.6 Å². The summed E-state index contributed by atoms with van der Waals surface area (Å²) in [5.41, 5.74) is 2.40. The standard InChI is InChI=1S/C32H43N3O5/c1-33-18-23-40-28-10-6-5-9-25(28)8-4-3-7-13-32(31(33)37)14-16-35(17-15-32)30(36)27-24-26(11-12-29(27)38-2)34-19-21-39-22-20-34/h5-6,9-12,24H,3-4,7-8,13-23H2,1-2H3. The molecule has 8 nitrogen and oxygen atoms in total. The SMILES string of the molecule is COc1ccc(N2CCOCC2)cc1C(=O)N1CCC2(CCCCCc3ccccc3OCCN(C)C2=O)CC1. The van der Waals surface area contributed by atoms with Crippen molar-refractivity contribution in [2.24, 2.45) is 5.41 Å². The van der Waals surface area contributed by atoms with Gasteiger partial charge in [0.05, 0.1) is 37.8 Å². The van der Waals surface area contributed by atoms with E-state index in [-0.39, 0.29) is 11.8 Å². The van der Waals surface area contributed by atoms with Crippen molar-refractivity contribution in [1.82, 2.24) is 9.80 Å². The first kappa shape index (κ1) is 28.3. The molecular formula is C32H43N3O5. The average molecular weight is 550 g/mol. The molecule has 3 aliphatic heterocycles. The molecule has 0 bridgehead atoms. The first-order chi connectivity index (χ1) is 19.5. The van der Waals surface area contributed by atoms with Crippen molar-refractivity contribution in [2.75, 3.05) is 71.6 Å². The van der Waals surface area contributed by atoms with Gasteiger partial charge in [0.25, 0.3) is 5.91 Å². The molecule has 0 N–H and O–H groups in total. The molecule has 0 aromatic heterocycles. The van der Waals surface area contributed by atoms with Gasteiger partial charge >= 0.3 is 0 Å². The third kappa shape index (κ3) is 6.22. The molecule has 0 radical (unpaired) electrons. The number of hydrogen-bond acceptors (Lipinski definition) is 6. The van der Waals surface area contributed by atoms with Gasteiger partial charge in [-0.3, -0.25) is 9.59 Å². The molecule has 3 aliphatic rings. The van der Waals surface area contributed by atoms with Crippen molar-refractivity contribution in [3.05, 3.63) is 53.6 Å². The number of ether oxygens (including phenoxy) is 3. The van der Waals surface area contributed by atoms with Crippen LogP contribution in [-0.2, 0) is 16.0 Å². The Bertz CT molecular complexity index is 1170. The second-order valence-electron chi connectivity index (χ2n) is 11.3. The van der Waals surface area contributed by atoms with Crippen LogP contribution in [0.25, 0.3) is 0 Å². The highest BCUT2D eigenvalue weighted by molar-refractivity contribution is 5.98. The maximum Gasteiger partial charge on any atom is 0.257 e. The highest BCUT2D eigenvalue weighted by Gasteiger charge is 2.43. The predicted molar refractivity (Wildman–Crippen MR) is 155 cm³/mol. The Morgan fingerprint density at radius 1 is 0.900 bits per heavy atom. The number of carbonyl (C=O) groups excluding carboxylic acids is 2. The molecule has 0 unspecified atom stereocenters. The van der Waals surface area contributed by atoms with Crippen molar-refractivity contribution in [3.63, 3.8) is 0 Å². The number of piperidine rings is 1. The van der Waals surface area contributed by atoms with Crippen LogP contribution in [0.3, 0.4) is 0 Å². The molecular weight excluding hydrogens is 506 g/mol. The summed E-state index contributed by atoms with van der Waals surface area (Å²) in [7, 11) is 3.49. The number of carbonyl (C=O) groups is 2. The molecule has 2 aromatic carbocycles. The van der Waals surface area contributed by atoms with E-state index in [2.05, 4.69) is 17.0 Å². The monoisotopic (exact) mass is 549 g/mol. The lowest BCUT2D eigenvalue weighted by atomic mass is 9.73. The lowest BCUT2D eigenvalue weighted by molar-refractivity contribution is -0.144. The minimum atomic E-state index is -0.438. The Balaban J connectivity index is 1.28. The summed E-state index contributed by atoms with van der Waals surface area (Å²) in [6.45, 7) is 5.12. The van der Waals surface area contributed by atoms with Gasteiger partial charge in [0.15, 0.2) is 0 Å². The van der Waals surface area contributed by atoms with E-state index in [4.69, 9.17) is 14.2 Å². The number of morpholine rings is 1. The van der Waals surface area contributed by atoms with Crippen molar-refractivity contribution >= 4 is 17.5 Å². The number of anilines is 1. The van der Waals surface area contributed by atoms with Gasteiger partial charge in [-0.2, -0.15) is 0 Å². The number of rotatable bonds is 3. The van der Waals surface area contributed by atoms with Gasteiger partial charge in [-0.15, -0.1) is 0 Å². The molecule has 1 spiro atoms. The molecule has 5 rings (SSSR count). The number of likely N-dealkylation sites (tertiary alicyclic amines) is 1. The zero-order valence-electron chi connectivity index (χ0n) is 24.0. The van der Waals surface area contributed by atoms with Crippen LogP contribution < -0.4 is 14.4 Å². The maximum absolute atomic E-state index is 13.9. The van der Waals surface area contributed by atoms with E-state index >= 15 is 0 Å². The lowest BCUT2D eigenvalue weighted by Gasteiger charge is -2.43. The van der Waals surface area contributed by atoms with E-state index in [1.54, 1.807) is 7.11 Å². The third-order valence-electron chi connectivity index (χ3n) is 8.86. The first-order valence-corrected chi connectivity index (χ1v) is 14.8. The van der Waals surface area contributed by atoms with Crippen molar-refractivity contribution < 1.29 is 23.8 Å². The zero-order chi connectivity index (χ0) is 28.0. The normalized spacial score (nSPS) is 20.6. The number of amides is 2. The molecule has 40 heavy (non-hydrogen) atoms. The van der Waals surface area contributed by atoms with Gasteiger partial charge in [0, 0.05) is 38.9 Å². The molecule has 8 heteroatoms. The van der Waals surface area contributed by atoms with E-state index in [1.807, 2.05) is 47.2 Å². The second-order valence-corrected chi connectivity index (χ2v) is 11.3. The Labute approximate surface area is 238 Å². The minimum Gasteiger partial charge on any atom is -0.496 e. The molecule has 2 fully saturated rings. The highest BCUT2D eigenvalue weighted by atomic mass is 16.5. The summed E-state index contributed by atoms with van der Waals surface area (Å²) in [6.07, 6.45) is 6.34. The Kier molecular flexibility index (Phi) is 9.15. The summed E-state index contributed by atoms with van der Waals surface area (Å²) in [5, 5.41) is 0. The van der Waals surface area contributed by atoms with Gasteiger partial charge in [-0.05, 0) is 61.9 Å². The van der Waals surface area contributed by atoms with Gasteiger partial charge in [-0.1, -0.05) is 31.0 Å². The van der Waals surface area contributed by atoms with E-state index in [0.29, 0.717) is 63.6 Å². The number of nitrogens with zero attached hydrogens (tertiary/aromatic N) is 3. The van der Waals surface area contributed by atoms with E-state index in [9.17, 15) is 9.59 Å². The Morgan fingerprint density at radius 3 is 2.45 bits per heavy atom. The average Bonchev–Trinajstić information content (AvgIpc) is 3.01. The first-order valence-electron chi connectivity index (χ1n) is 14.8. The summed E-state index contributed by atoms with van der Waals surface area (Å²) in [5.74, 6) is 1.67. The number of hydrogen-bond donors (Lipinski definition) is 0. The number of likely N-dealkylation sites (N-methyl/N-ethyl adjacent to an activating group) is 1. The van der Waals surface area contributed by atoms with Gasteiger partial charge in [0.2, 0.25) is 5.91 Å². The van der Waals surface area contributed by atoms with Crippen molar-refractivity contribution in [3.8, 4) is 11.5 Å². The zero-order valence-corrected chi connectivity index (χ0v) is 24.0. The topological polar surface area (TPSA) is 71.6 Å². The fourth-order valence-corrected chi connectivity index (χ4v) is 6.37. The van der Waals surface area contributed by atoms with Crippen molar-refractivity contribution in [2.45, 2.75) is 44.9 Å². The number of fused-ring (bicyclic) bond motifs is 1. The largest absolute Gasteiger partial charge is 0.496 e. The summed E-state index contributed by atoms with van der Waals surface area (Å²) in [4.78, 5) is 33.6. The van der Waals surface area contributed by atoms with Crippen LogP contribution in [0.4, 0.5) is 5.69 Å². The minimum absolute atomic E-state index is 0.0292. The van der Waals surface area contributed by atoms with Gasteiger partial charge < -0.3 is 28.9 Å². The van der Waals surface area contributed by atoms with Crippen LogP contribution in [0.1, 0.15) is 54.4 Å². The van der Waals surface area contributed by atoms with Crippen LogP contribution in [0.15, 0.2) is 42.5 Å². The van der Waals surface area contributed by atoms with Crippen LogP contribution in [-0.4, -0.2) is 88.3 Å². The molecule has 0 saturated carbocycles. The Morgan fingerprint density at radius 2 is 1.68 bits per heavy atom. The highest BCUT2D eigenvalue weighted by Crippen LogP contribution is 2.40. The maximum atomic E-state index is 13.9. The van der Waals surface area contributed by atoms with Gasteiger partial charge in [0.1, 0.15) is 18.1 Å². The molecule has 2 amide bonds. The fraction of sp³-hybridized carbons (Fsp3) is 0.562. The van der Waals surface area contributed by atoms with Crippen LogP contribution >= 0.6 is 0 Å². The third-order valence-corrected chi connectivity index (χ3v) is 8.86. The molecule has 216 valence electrons.